The van der Waals surface area contributed by atoms with Crippen molar-refractivity contribution in [3.8, 4) is 0 Å². The Hall–Kier alpha value is -1.04. The van der Waals surface area contributed by atoms with E-state index in [0.29, 0.717) is 6.54 Å². The molecule has 2 atom stereocenters. The van der Waals surface area contributed by atoms with E-state index in [-0.39, 0.29) is 18.9 Å². The number of hydrogen-bond acceptors (Lipinski definition) is 2. The molecule has 0 bridgehead atoms. The molecule has 6 heteroatoms. The van der Waals surface area contributed by atoms with Gasteiger partial charge in [0.1, 0.15) is 0 Å². The Balaban J connectivity index is 2.19. The van der Waals surface area contributed by atoms with E-state index in [1.165, 1.54) is 0 Å². The zero-order chi connectivity index (χ0) is 12.6. The summed E-state index contributed by atoms with van der Waals surface area (Å²) in [5.74, 6) is -1.20. The molecule has 1 aliphatic rings. The van der Waals surface area contributed by atoms with Crippen molar-refractivity contribution in [2.24, 2.45) is 13.0 Å². The third-order valence-electron chi connectivity index (χ3n) is 3.53. The Morgan fingerprint density at radius 2 is 2.06 bits per heavy atom. The monoisotopic (exact) mass is 247 g/mol. The minimum atomic E-state index is -4.09. The zero-order valence-electron chi connectivity index (χ0n) is 9.91. The van der Waals surface area contributed by atoms with Crippen LogP contribution in [0.4, 0.5) is 13.2 Å². The van der Waals surface area contributed by atoms with Gasteiger partial charge < -0.3 is 0 Å². The summed E-state index contributed by atoms with van der Waals surface area (Å²) in [6.45, 7) is 0.472. The van der Waals surface area contributed by atoms with Gasteiger partial charge in [0, 0.05) is 13.2 Å². The minimum Gasteiger partial charge on any atom is -0.298 e. The van der Waals surface area contributed by atoms with Crippen LogP contribution in [0.25, 0.3) is 0 Å². The molecule has 0 unspecified atom stereocenters. The highest BCUT2D eigenvalue weighted by Gasteiger charge is 2.44. The van der Waals surface area contributed by atoms with Crippen molar-refractivity contribution in [2.75, 3.05) is 13.6 Å². The lowest BCUT2D eigenvalue weighted by Crippen LogP contribution is -2.39. The summed E-state index contributed by atoms with van der Waals surface area (Å²) in [5, 5.41) is 4.02. The van der Waals surface area contributed by atoms with Gasteiger partial charge in [0.2, 0.25) is 0 Å². The van der Waals surface area contributed by atoms with Gasteiger partial charge >= 0.3 is 6.18 Å². The van der Waals surface area contributed by atoms with Gasteiger partial charge in [-0.3, -0.25) is 9.58 Å². The Kier molecular flexibility index (Phi) is 3.16. The van der Waals surface area contributed by atoms with Crippen LogP contribution in [0.15, 0.2) is 12.3 Å². The van der Waals surface area contributed by atoms with Gasteiger partial charge in [0.25, 0.3) is 0 Å². The third kappa shape index (κ3) is 2.46. The molecular formula is C11H16F3N3. The van der Waals surface area contributed by atoms with E-state index in [4.69, 9.17) is 0 Å². The lowest BCUT2D eigenvalue weighted by molar-refractivity contribution is -0.189. The van der Waals surface area contributed by atoms with Crippen LogP contribution >= 0.6 is 0 Å². The van der Waals surface area contributed by atoms with E-state index in [1.807, 2.05) is 11.9 Å². The highest BCUT2D eigenvalue weighted by molar-refractivity contribution is 5.08. The van der Waals surface area contributed by atoms with E-state index in [0.717, 1.165) is 5.69 Å². The van der Waals surface area contributed by atoms with Crippen LogP contribution in [0.3, 0.4) is 0 Å². The molecule has 2 rings (SSSR count). The van der Waals surface area contributed by atoms with E-state index >= 15 is 0 Å². The van der Waals surface area contributed by atoms with Gasteiger partial charge in [-0.05, 0) is 32.5 Å². The first-order valence-corrected chi connectivity index (χ1v) is 5.64. The van der Waals surface area contributed by atoms with Crippen LogP contribution < -0.4 is 0 Å². The second-order valence-corrected chi connectivity index (χ2v) is 4.64. The Morgan fingerprint density at radius 1 is 1.35 bits per heavy atom. The molecule has 0 radical (unpaired) electrons. The number of likely N-dealkylation sites (tertiary alicyclic amines) is 1. The molecule has 1 aromatic heterocycles. The van der Waals surface area contributed by atoms with Gasteiger partial charge in [-0.25, -0.2) is 0 Å². The summed E-state index contributed by atoms with van der Waals surface area (Å²) in [6, 6.07) is 1.60. The number of nitrogens with zero attached hydrogens (tertiary/aromatic N) is 3. The van der Waals surface area contributed by atoms with Crippen LogP contribution in [0, 0.1) is 5.92 Å². The highest BCUT2D eigenvalue weighted by Crippen LogP contribution is 2.41. The molecule has 96 valence electrons. The number of aryl methyl sites for hydroxylation is 1. The van der Waals surface area contributed by atoms with Gasteiger partial charge in [-0.15, -0.1) is 0 Å². The number of hydrogen-bond donors (Lipinski definition) is 0. The Labute approximate surface area is 98.2 Å². The largest absolute Gasteiger partial charge is 0.391 e. The fraction of sp³-hybridized carbons (Fsp3) is 0.727. The summed E-state index contributed by atoms with van der Waals surface area (Å²) in [7, 11) is 3.63. The molecule has 0 spiro atoms. The number of halogens is 3. The van der Waals surface area contributed by atoms with Crippen molar-refractivity contribution in [1.29, 1.82) is 0 Å². The van der Waals surface area contributed by atoms with Gasteiger partial charge in [-0.2, -0.15) is 18.3 Å². The van der Waals surface area contributed by atoms with Crippen molar-refractivity contribution in [2.45, 2.75) is 25.1 Å². The summed E-state index contributed by atoms with van der Waals surface area (Å²) < 4.78 is 39.9. The van der Waals surface area contributed by atoms with Crippen molar-refractivity contribution in [1.82, 2.24) is 14.7 Å². The first-order valence-electron chi connectivity index (χ1n) is 5.64. The topological polar surface area (TPSA) is 21.1 Å². The average molecular weight is 247 g/mol. The second-order valence-electron chi connectivity index (χ2n) is 4.64. The molecule has 0 aromatic carbocycles. The SMILES string of the molecule is CN1CC[C@H](C(F)(F)F)C[C@@H]1c1ccnn1C. The summed E-state index contributed by atoms with van der Waals surface area (Å²) in [4.78, 5) is 1.97. The maximum Gasteiger partial charge on any atom is 0.391 e. The molecule has 17 heavy (non-hydrogen) atoms. The van der Waals surface area contributed by atoms with Gasteiger partial charge in [0.05, 0.1) is 17.7 Å². The number of rotatable bonds is 1. The Morgan fingerprint density at radius 3 is 2.59 bits per heavy atom. The van der Waals surface area contributed by atoms with Crippen LogP contribution in [0.2, 0.25) is 0 Å². The van der Waals surface area contributed by atoms with Crippen molar-refractivity contribution in [3.63, 3.8) is 0 Å². The predicted octanol–water partition coefficient (Wildman–Crippen LogP) is 2.37. The second kappa shape index (κ2) is 4.33. The zero-order valence-corrected chi connectivity index (χ0v) is 9.91. The molecule has 2 heterocycles. The molecule has 1 aliphatic heterocycles. The van der Waals surface area contributed by atoms with Crippen molar-refractivity contribution < 1.29 is 13.2 Å². The number of alkyl halides is 3. The first-order chi connectivity index (χ1) is 7.89. The molecule has 0 N–H and O–H groups in total. The van der Waals surface area contributed by atoms with Crippen LogP contribution in [-0.4, -0.2) is 34.4 Å². The third-order valence-corrected chi connectivity index (χ3v) is 3.53. The van der Waals surface area contributed by atoms with Crippen LogP contribution in [-0.2, 0) is 7.05 Å². The maximum absolute atomic E-state index is 12.7. The molecule has 3 nitrogen and oxygen atoms in total. The predicted molar refractivity (Wildman–Crippen MR) is 57.4 cm³/mol. The van der Waals surface area contributed by atoms with Crippen LogP contribution in [0.1, 0.15) is 24.6 Å². The molecule has 1 aromatic rings. The van der Waals surface area contributed by atoms with Gasteiger partial charge in [0.15, 0.2) is 0 Å². The van der Waals surface area contributed by atoms with E-state index in [9.17, 15) is 13.2 Å². The van der Waals surface area contributed by atoms with Crippen molar-refractivity contribution >= 4 is 0 Å². The highest BCUT2D eigenvalue weighted by atomic mass is 19.4. The smallest absolute Gasteiger partial charge is 0.298 e. The van der Waals surface area contributed by atoms with E-state index in [2.05, 4.69) is 5.10 Å². The number of aromatic nitrogens is 2. The maximum atomic E-state index is 12.7. The molecule has 0 aliphatic carbocycles. The van der Waals surface area contributed by atoms with E-state index in [1.54, 1.807) is 24.0 Å². The Bertz CT molecular complexity index is 386. The summed E-state index contributed by atoms with van der Waals surface area (Å²) in [6.07, 6.45) is -2.15. The summed E-state index contributed by atoms with van der Waals surface area (Å²) >= 11 is 0. The molecule has 0 amide bonds. The minimum absolute atomic E-state index is 0.125. The average Bonchev–Trinajstić information content (AvgIpc) is 2.63. The normalized spacial score (nSPS) is 27.4. The standard InChI is InChI=1S/C11H16F3N3/c1-16-6-4-8(11(12,13)14)7-10(16)9-3-5-15-17(9)2/h3,5,8,10H,4,6-7H2,1-2H3/t8-,10+/m0/s1. The van der Waals surface area contributed by atoms with E-state index < -0.39 is 12.1 Å². The van der Waals surface area contributed by atoms with Crippen molar-refractivity contribution in [3.05, 3.63) is 18.0 Å². The fourth-order valence-electron chi connectivity index (χ4n) is 2.44. The lowest BCUT2D eigenvalue weighted by Gasteiger charge is -2.37. The summed E-state index contributed by atoms with van der Waals surface area (Å²) in [5.41, 5.74) is 0.849. The molecule has 1 saturated heterocycles. The van der Waals surface area contributed by atoms with Gasteiger partial charge in [-0.1, -0.05) is 0 Å². The first kappa shape index (κ1) is 12.4. The fourth-order valence-corrected chi connectivity index (χ4v) is 2.44. The molecule has 0 saturated carbocycles. The lowest BCUT2D eigenvalue weighted by atomic mass is 9.89. The van der Waals surface area contributed by atoms with Crippen LogP contribution in [0.5, 0.6) is 0 Å². The molecule has 1 fully saturated rings. The number of piperidine rings is 1. The quantitative estimate of drug-likeness (QED) is 0.759. The molecular weight excluding hydrogens is 231 g/mol.